The molecule has 0 saturated heterocycles. The normalized spacial score (nSPS) is 21.2. The van der Waals surface area contributed by atoms with Gasteiger partial charge in [-0.3, -0.25) is 0 Å². The molecular weight excluding hydrogens is 136 g/mol. The van der Waals surface area contributed by atoms with E-state index < -0.39 is 0 Å². The molecule has 0 radical (unpaired) electrons. The quantitative estimate of drug-likeness (QED) is 0.573. The molecule has 1 atom stereocenters. The van der Waals surface area contributed by atoms with Crippen LogP contribution < -0.4 is 11.5 Å². The first-order chi connectivity index (χ1) is 5.29. The second kappa shape index (κ2) is 2.10. The molecule has 1 aliphatic carbocycles. The van der Waals surface area contributed by atoms with E-state index in [0.717, 1.165) is 16.8 Å². The van der Waals surface area contributed by atoms with Gasteiger partial charge in [0.25, 0.3) is 0 Å². The van der Waals surface area contributed by atoms with Crippen LogP contribution in [0.2, 0.25) is 0 Å². The molecule has 0 saturated carbocycles. The number of rotatable bonds is 0. The predicted octanol–water partition coefficient (Wildman–Crippen LogP) is 1.000. The van der Waals surface area contributed by atoms with Gasteiger partial charge in [0.15, 0.2) is 0 Å². The SMILES string of the molecule is NC1=CC(N)c2ccccc21. The van der Waals surface area contributed by atoms with Crippen LogP contribution in [-0.2, 0) is 0 Å². The molecule has 1 aromatic rings. The van der Waals surface area contributed by atoms with Crippen molar-refractivity contribution >= 4 is 5.70 Å². The lowest BCUT2D eigenvalue weighted by Gasteiger charge is -2.02. The fourth-order valence-corrected chi connectivity index (χ4v) is 1.42. The van der Waals surface area contributed by atoms with Gasteiger partial charge in [-0.2, -0.15) is 0 Å². The van der Waals surface area contributed by atoms with Gasteiger partial charge in [-0.1, -0.05) is 24.3 Å². The van der Waals surface area contributed by atoms with E-state index in [4.69, 9.17) is 11.5 Å². The number of benzene rings is 1. The minimum absolute atomic E-state index is 0.00815. The summed E-state index contributed by atoms with van der Waals surface area (Å²) in [4.78, 5) is 0. The first-order valence-corrected chi connectivity index (χ1v) is 3.61. The summed E-state index contributed by atoms with van der Waals surface area (Å²) in [7, 11) is 0. The van der Waals surface area contributed by atoms with Crippen molar-refractivity contribution in [2.45, 2.75) is 6.04 Å². The van der Waals surface area contributed by atoms with Crippen LogP contribution in [0.5, 0.6) is 0 Å². The summed E-state index contributed by atoms with van der Waals surface area (Å²) in [6, 6.07) is 7.94. The van der Waals surface area contributed by atoms with Gasteiger partial charge in [-0.15, -0.1) is 0 Å². The minimum Gasteiger partial charge on any atom is -0.398 e. The van der Waals surface area contributed by atoms with Crippen LogP contribution in [0.3, 0.4) is 0 Å². The van der Waals surface area contributed by atoms with Crippen molar-refractivity contribution in [3.63, 3.8) is 0 Å². The summed E-state index contributed by atoms with van der Waals surface area (Å²) in [5.41, 5.74) is 14.5. The van der Waals surface area contributed by atoms with E-state index in [0.29, 0.717) is 0 Å². The molecule has 4 N–H and O–H groups in total. The van der Waals surface area contributed by atoms with Crippen LogP contribution in [0.25, 0.3) is 5.70 Å². The maximum atomic E-state index is 5.78. The molecule has 2 heteroatoms. The summed E-state index contributed by atoms with van der Waals surface area (Å²) < 4.78 is 0. The number of hydrogen-bond donors (Lipinski definition) is 2. The summed E-state index contributed by atoms with van der Waals surface area (Å²) in [5.74, 6) is 0. The molecule has 56 valence electrons. The Kier molecular flexibility index (Phi) is 1.23. The zero-order valence-corrected chi connectivity index (χ0v) is 6.12. The maximum absolute atomic E-state index is 5.78. The molecule has 1 aliphatic rings. The molecule has 1 aromatic carbocycles. The van der Waals surface area contributed by atoms with Gasteiger partial charge in [-0.05, 0) is 11.6 Å². The van der Waals surface area contributed by atoms with Gasteiger partial charge < -0.3 is 11.5 Å². The zero-order chi connectivity index (χ0) is 7.84. The largest absolute Gasteiger partial charge is 0.398 e. The van der Waals surface area contributed by atoms with Crippen LogP contribution in [0.4, 0.5) is 0 Å². The molecular formula is C9H10N2. The van der Waals surface area contributed by atoms with E-state index in [-0.39, 0.29) is 6.04 Å². The van der Waals surface area contributed by atoms with Crippen molar-refractivity contribution in [2.75, 3.05) is 0 Å². The van der Waals surface area contributed by atoms with E-state index in [1.165, 1.54) is 0 Å². The predicted molar refractivity (Wildman–Crippen MR) is 45.5 cm³/mol. The highest BCUT2D eigenvalue weighted by molar-refractivity contribution is 5.71. The van der Waals surface area contributed by atoms with Gasteiger partial charge in [-0.25, -0.2) is 0 Å². The van der Waals surface area contributed by atoms with Crippen molar-refractivity contribution in [3.8, 4) is 0 Å². The van der Waals surface area contributed by atoms with Crippen molar-refractivity contribution in [1.29, 1.82) is 0 Å². The van der Waals surface area contributed by atoms with Gasteiger partial charge in [0.1, 0.15) is 0 Å². The highest BCUT2D eigenvalue weighted by Crippen LogP contribution is 2.28. The monoisotopic (exact) mass is 146 g/mol. The Balaban J connectivity index is 2.62. The van der Waals surface area contributed by atoms with Gasteiger partial charge in [0.05, 0.1) is 6.04 Å². The second-order valence-corrected chi connectivity index (χ2v) is 2.74. The van der Waals surface area contributed by atoms with Crippen LogP contribution in [-0.4, -0.2) is 0 Å². The fourth-order valence-electron chi connectivity index (χ4n) is 1.42. The van der Waals surface area contributed by atoms with E-state index in [2.05, 4.69) is 0 Å². The lowest BCUT2D eigenvalue weighted by molar-refractivity contribution is 0.930. The molecule has 0 heterocycles. The Morgan fingerprint density at radius 2 is 1.91 bits per heavy atom. The zero-order valence-electron chi connectivity index (χ0n) is 6.12. The summed E-state index contributed by atoms with van der Waals surface area (Å²) in [6.07, 6.45) is 1.88. The standard InChI is InChI=1S/C9H10N2/c10-8-5-9(11)7-4-2-1-3-6(7)8/h1-5,8H,10-11H2. The molecule has 0 fully saturated rings. The molecule has 11 heavy (non-hydrogen) atoms. The third-order valence-corrected chi connectivity index (χ3v) is 1.99. The third kappa shape index (κ3) is 0.835. The van der Waals surface area contributed by atoms with Crippen LogP contribution >= 0.6 is 0 Å². The smallest absolute Gasteiger partial charge is 0.0510 e. The summed E-state index contributed by atoms with van der Waals surface area (Å²) in [5, 5.41) is 0. The number of fused-ring (bicyclic) bond motifs is 1. The molecule has 2 nitrogen and oxygen atoms in total. The highest BCUT2D eigenvalue weighted by Gasteiger charge is 2.16. The average Bonchev–Trinajstić information content (AvgIpc) is 2.30. The number of nitrogens with two attached hydrogens (primary N) is 2. The Morgan fingerprint density at radius 3 is 2.64 bits per heavy atom. The molecule has 0 aromatic heterocycles. The molecule has 0 spiro atoms. The van der Waals surface area contributed by atoms with Crippen molar-refractivity contribution in [2.24, 2.45) is 11.5 Å². The van der Waals surface area contributed by atoms with Gasteiger partial charge in [0, 0.05) is 11.3 Å². The number of hydrogen-bond acceptors (Lipinski definition) is 2. The van der Waals surface area contributed by atoms with E-state index in [9.17, 15) is 0 Å². The topological polar surface area (TPSA) is 52.0 Å². The molecule has 0 amide bonds. The molecule has 0 aliphatic heterocycles. The molecule has 2 rings (SSSR count). The van der Waals surface area contributed by atoms with Crippen molar-refractivity contribution < 1.29 is 0 Å². The highest BCUT2D eigenvalue weighted by atomic mass is 14.7. The first kappa shape index (κ1) is 6.43. The van der Waals surface area contributed by atoms with Crippen LogP contribution in [0, 0.1) is 0 Å². The Labute approximate surface area is 65.5 Å². The first-order valence-electron chi connectivity index (χ1n) is 3.61. The van der Waals surface area contributed by atoms with E-state index in [1.807, 2.05) is 30.3 Å². The lowest BCUT2D eigenvalue weighted by atomic mass is 10.1. The van der Waals surface area contributed by atoms with Gasteiger partial charge in [0.2, 0.25) is 0 Å². The summed E-state index contributed by atoms with van der Waals surface area (Å²) in [6.45, 7) is 0. The average molecular weight is 146 g/mol. The van der Waals surface area contributed by atoms with Crippen molar-refractivity contribution in [1.82, 2.24) is 0 Å². The Hall–Kier alpha value is -1.28. The molecule has 1 unspecified atom stereocenters. The Morgan fingerprint density at radius 1 is 1.18 bits per heavy atom. The van der Waals surface area contributed by atoms with Crippen molar-refractivity contribution in [3.05, 3.63) is 41.5 Å². The summed E-state index contributed by atoms with van der Waals surface area (Å²) >= 11 is 0. The maximum Gasteiger partial charge on any atom is 0.0510 e. The minimum atomic E-state index is -0.00815. The lowest BCUT2D eigenvalue weighted by Crippen LogP contribution is -2.03. The van der Waals surface area contributed by atoms with Crippen LogP contribution in [0.15, 0.2) is 30.3 Å². The molecule has 0 bridgehead atoms. The van der Waals surface area contributed by atoms with Crippen LogP contribution in [0.1, 0.15) is 17.2 Å². The third-order valence-electron chi connectivity index (χ3n) is 1.99. The Bertz CT molecular complexity index is 315. The fraction of sp³-hybridized carbons (Fsp3) is 0.111. The van der Waals surface area contributed by atoms with E-state index >= 15 is 0 Å². The second-order valence-electron chi connectivity index (χ2n) is 2.74. The van der Waals surface area contributed by atoms with Gasteiger partial charge >= 0.3 is 0 Å². The van der Waals surface area contributed by atoms with E-state index in [1.54, 1.807) is 0 Å².